The third-order valence-electron chi connectivity index (χ3n) is 4.49. The van der Waals surface area contributed by atoms with Gasteiger partial charge in [0.25, 0.3) is 0 Å². The quantitative estimate of drug-likeness (QED) is 0.780. The number of aromatic nitrogens is 2. The number of anilines is 1. The van der Waals surface area contributed by atoms with Gasteiger partial charge in [-0.05, 0) is 37.0 Å². The maximum absolute atomic E-state index is 11.7. The van der Waals surface area contributed by atoms with Gasteiger partial charge in [0.05, 0.1) is 24.4 Å². The summed E-state index contributed by atoms with van der Waals surface area (Å²) in [5, 5.41) is 0.858. The molecule has 1 unspecified atom stereocenters. The molecule has 0 amide bonds. The van der Waals surface area contributed by atoms with Gasteiger partial charge in [0.15, 0.2) is 0 Å². The smallest absolute Gasteiger partial charge is 0.337 e. The van der Waals surface area contributed by atoms with Gasteiger partial charge in [-0.15, -0.1) is 0 Å². The van der Waals surface area contributed by atoms with E-state index in [1.807, 2.05) is 6.07 Å². The fourth-order valence-electron chi connectivity index (χ4n) is 3.23. The minimum absolute atomic E-state index is 0.220. The van der Waals surface area contributed by atoms with Crippen molar-refractivity contribution >= 4 is 32.7 Å². The number of sulfonamides is 1. The number of methoxy groups -OCH3 is 1. The summed E-state index contributed by atoms with van der Waals surface area (Å²) in [6.45, 7) is 1.98. The summed E-state index contributed by atoms with van der Waals surface area (Å²) in [7, 11) is -1.85. The number of hydrogen-bond acceptors (Lipinski definition) is 7. The summed E-state index contributed by atoms with van der Waals surface area (Å²) in [6, 6.07) is 5.22. The molecule has 3 rings (SSSR count). The van der Waals surface area contributed by atoms with E-state index in [0.717, 1.165) is 30.6 Å². The number of nitrogens with zero attached hydrogens (tertiary/aromatic N) is 3. The first-order chi connectivity index (χ1) is 12.4. The van der Waals surface area contributed by atoms with Crippen LogP contribution in [0.25, 0.3) is 10.9 Å². The van der Waals surface area contributed by atoms with Crippen LogP contribution in [0, 0.1) is 5.92 Å². The molecule has 0 radical (unpaired) electrons. The van der Waals surface area contributed by atoms with Gasteiger partial charge in [0.2, 0.25) is 10.0 Å². The zero-order valence-electron chi connectivity index (χ0n) is 14.8. The Morgan fingerprint density at radius 2 is 2.19 bits per heavy atom. The van der Waals surface area contributed by atoms with Crippen molar-refractivity contribution in [2.45, 2.75) is 12.8 Å². The highest BCUT2D eigenvalue weighted by molar-refractivity contribution is 7.88. The first kappa shape index (κ1) is 18.5. The minimum Gasteiger partial charge on any atom is -0.465 e. The van der Waals surface area contributed by atoms with Crippen molar-refractivity contribution in [3.63, 3.8) is 0 Å². The van der Waals surface area contributed by atoms with E-state index in [4.69, 9.17) is 4.74 Å². The molecule has 2 aromatic rings. The van der Waals surface area contributed by atoms with Crippen LogP contribution in [0.2, 0.25) is 0 Å². The van der Waals surface area contributed by atoms with E-state index in [-0.39, 0.29) is 5.92 Å². The van der Waals surface area contributed by atoms with Crippen LogP contribution < -0.4 is 9.62 Å². The summed E-state index contributed by atoms with van der Waals surface area (Å²) in [5.74, 6) is 0.616. The summed E-state index contributed by atoms with van der Waals surface area (Å²) in [5.41, 5.74) is 1.12. The molecule has 140 valence electrons. The van der Waals surface area contributed by atoms with Crippen LogP contribution in [0.5, 0.6) is 0 Å². The van der Waals surface area contributed by atoms with E-state index in [2.05, 4.69) is 19.6 Å². The van der Waals surface area contributed by atoms with Crippen LogP contribution in [-0.4, -0.2) is 57.4 Å². The number of carbonyl (C=O) groups excluding carboxylic acids is 1. The fraction of sp³-hybridized carbons (Fsp3) is 0.471. The SMILES string of the molecule is COC(=O)c1ccc2c(N3CCCC(CNS(C)(=O)=O)C3)ncnc2c1. The van der Waals surface area contributed by atoms with Gasteiger partial charge in [0, 0.05) is 25.0 Å². The molecule has 0 bridgehead atoms. The van der Waals surface area contributed by atoms with E-state index < -0.39 is 16.0 Å². The minimum atomic E-state index is -3.19. The average Bonchev–Trinajstić information content (AvgIpc) is 2.64. The lowest BCUT2D eigenvalue weighted by Crippen LogP contribution is -2.41. The molecule has 0 saturated carbocycles. The Labute approximate surface area is 152 Å². The largest absolute Gasteiger partial charge is 0.465 e. The molecule has 1 aromatic heterocycles. The molecule has 26 heavy (non-hydrogen) atoms. The molecule has 1 aliphatic heterocycles. The zero-order chi connectivity index (χ0) is 18.7. The molecular weight excluding hydrogens is 356 g/mol. The topological polar surface area (TPSA) is 101 Å². The molecule has 9 heteroatoms. The third-order valence-corrected chi connectivity index (χ3v) is 5.18. The summed E-state index contributed by atoms with van der Waals surface area (Å²) < 4.78 is 30.0. The maximum atomic E-state index is 11.7. The average molecular weight is 378 g/mol. The lowest BCUT2D eigenvalue weighted by Gasteiger charge is -2.34. The Kier molecular flexibility index (Phi) is 5.38. The molecule has 1 aliphatic rings. The van der Waals surface area contributed by atoms with Crippen molar-refractivity contribution in [1.82, 2.24) is 14.7 Å². The Bertz CT molecular complexity index is 916. The Balaban J connectivity index is 1.84. The van der Waals surface area contributed by atoms with E-state index in [0.29, 0.717) is 24.2 Å². The highest BCUT2D eigenvalue weighted by Gasteiger charge is 2.23. The standard InChI is InChI=1S/C17H22N4O4S/c1-25-17(22)13-5-6-14-15(8-13)18-11-19-16(14)21-7-3-4-12(10-21)9-20-26(2,23)24/h5-6,8,11-12,20H,3-4,7,9-10H2,1-2H3. The van der Waals surface area contributed by atoms with Crippen molar-refractivity contribution in [2.24, 2.45) is 5.92 Å². The molecule has 0 spiro atoms. The van der Waals surface area contributed by atoms with E-state index in [1.54, 1.807) is 12.1 Å². The molecule has 1 atom stereocenters. The number of hydrogen-bond donors (Lipinski definition) is 1. The van der Waals surface area contributed by atoms with Gasteiger partial charge in [0.1, 0.15) is 12.1 Å². The number of benzene rings is 1. The zero-order valence-corrected chi connectivity index (χ0v) is 15.6. The molecular formula is C17H22N4O4S. The molecule has 1 fully saturated rings. The number of nitrogens with one attached hydrogen (secondary N) is 1. The van der Waals surface area contributed by atoms with Gasteiger partial charge in [-0.25, -0.2) is 27.9 Å². The van der Waals surface area contributed by atoms with Gasteiger partial charge < -0.3 is 9.64 Å². The number of ether oxygens (including phenoxy) is 1. The number of piperidine rings is 1. The Morgan fingerprint density at radius 1 is 1.38 bits per heavy atom. The van der Waals surface area contributed by atoms with E-state index >= 15 is 0 Å². The van der Waals surface area contributed by atoms with E-state index in [9.17, 15) is 13.2 Å². The van der Waals surface area contributed by atoms with Gasteiger partial charge in [-0.2, -0.15) is 0 Å². The highest BCUT2D eigenvalue weighted by atomic mass is 32.2. The molecule has 2 heterocycles. The Hall–Kier alpha value is -2.26. The summed E-state index contributed by atoms with van der Waals surface area (Å²) >= 11 is 0. The van der Waals surface area contributed by atoms with Crippen LogP contribution in [0.3, 0.4) is 0 Å². The number of carbonyl (C=O) groups is 1. The van der Waals surface area contributed by atoms with Crippen molar-refractivity contribution in [3.8, 4) is 0 Å². The second kappa shape index (κ2) is 7.55. The third kappa shape index (κ3) is 4.28. The molecule has 1 aromatic carbocycles. The molecule has 8 nitrogen and oxygen atoms in total. The van der Waals surface area contributed by atoms with Crippen LogP contribution >= 0.6 is 0 Å². The van der Waals surface area contributed by atoms with Crippen LogP contribution in [0.4, 0.5) is 5.82 Å². The van der Waals surface area contributed by atoms with Crippen molar-refractivity contribution < 1.29 is 17.9 Å². The normalized spacial score (nSPS) is 18.1. The highest BCUT2D eigenvalue weighted by Crippen LogP contribution is 2.28. The predicted octanol–water partition coefficient (Wildman–Crippen LogP) is 1.18. The lowest BCUT2D eigenvalue weighted by atomic mass is 9.98. The van der Waals surface area contributed by atoms with Crippen molar-refractivity contribution in [1.29, 1.82) is 0 Å². The Morgan fingerprint density at radius 3 is 2.92 bits per heavy atom. The predicted molar refractivity (Wildman–Crippen MR) is 98.7 cm³/mol. The first-order valence-corrected chi connectivity index (χ1v) is 10.3. The summed E-state index contributed by atoms with van der Waals surface area (Å²) in [4.78, 5) is 22.6. The monoisotopic (exact) mass is 378 g/mol. The second-order valence-corrected chi connectivity index (χ2v) is 8.33. The fourth-order valence-corrected chi connectivity index (χ4v) is 3.77. The van der Waals surface area contributed by atoms with E-state index in [1.165, 1.54) is 19.7 Å². The van der Waals surface area contributed by atoms with Gasteiger partial charge in [-0.3, -0.25) is 0 Å². The molecule has 0 aliphatic carbocycles. The first-order valence-electron chi connectivity index (χ1n) is 8.40. The second-order valence-electron chi connectivity index (χ2n) is 6.50. The van der Waals surface area contributed by atoms with Gasteiger partial charge >= 0.3 is 5.97 Å². The molecule has 1 N–H and O–H groups in total. The number of fused-ring (bicyclic) bond motifs is 1. The van der Waals surface area contributed by atoms with Crippen LogP contribution in [-0.2, 0) is 14.8 Å². The van der Waals surface area contributed by atoms with Gasteiger partial charge in [-0.1, -0.05) is 0 Å². The van der Waals surface area contributed by atoms with Crippen LogP contribution in [0.15, 0.2) is 24.5 Å². The lowest BCUT2D eigenvalue weighted by molar-refractivity contribution is 0.0601. The number of esters is 1. The summed E-state index contributed by atoms with van der Waals surface area (Å²) in [6.07, 6.45) is 4.58. The molecule has 1 saturated heterocycles. The number of rotatable bonds is 5. The maximum Gasteiger partial charge on any atom is 0.337 e. The van der Waals surface area contributed by atoms with Crippen LogP contribution in [0.1, 0.15) is 23.2 Å². The van der Waals surface area contributed by atoms with Crippen molar-refractivity contribution in [3.05, 3.63) is 30.1 Å². The van der Waals surface area contributed by atoms with Crippen molar-refractivity contribution in [2.75, 3.05) is 37.9 Å².